The van der Waals surface area contributed by atoms with Gasteiger partial charge in [-0.2, -0.15) is 5.10 Å². The van der Waals surface area contributed by atoms with Crippen LogP contribution < -0.4 is 9.91 Å². The maximum absolute atomic E-state index is 14.8. The van der Waals surface area contributed by atoms with Crippen molar-refractivity contribution in [1.82, 2.24) is 4.90 Å². The Morgan fingerprint density at radius 2 is 1.39 bits per heavy atom. The first-order chi connectivity index (χ1) is 18.4. The Morgan fingerprint density at radius 3 is 2.00 bits per heavy atom. The smallest absolute Gasteiger partial charge is 0.283 e. The predicted octanol–water partition coefficient (Wildman–Crippen LogP) is 6.10. The Hall–Kier alpha value is -4.36. The van der Waals surface area contributed by atoms with Crippen LogP contribution in [-0.4, -0.2) is 34.3 Å². The van der Waals surface area contributed by atoms with E-state index in [9.17, 15) is 9.18 Å². The van der Waals surface area contributed by atoms with Crippen molar-refractivity contribution in [1.29, 1.82) is 0 Å². The minimum atomic E-state index is -1.33. The summed E-state index contributed by atoms with van der Waals surface area (Å²) in [5.41, 5.74) is 3.53. The molecule has 5 nitrogen and oxygen atoms in total. The molecule has 0 aromatic heterocycles. The van der Waals surface area contributed by atoms with Gasteiger partial charge < -0.3 is 4.90 Å². The van der Waals surface area contributed by atoms with E-state index in [1.54, 1.807) is 22.0 Å². The van der Waals surface area contributed by atoms with E-state index >= 15 is 0 Å². The van der Waals surface area contributed by atoms with E-state index in [4.69, 9.17) is 17.3 Å². The maximum atomic E-state index is 14.8. The number of halogens is 1. The molecule has 188 valence electrons. The van der Waals surface area contributed by atoms with Crippen molar-refractivity contribution in [2.75, 3.05) is 17.0 Å². The van der Waals surface area contributed by atoms with E-state index in [0.29, 0.717) is 16.5 Å². The van der Waals surface area contributed by atoms with E-state index in [2.05, 4.69) is 0 Å². The number of hydrogen-bond donors (Lipinski definition) is 0. The highest BCUT2D eigenvalue weighted by atomic mass is 32.1. The van der Waals surface area contributed by atoms with Crippen molar-refractivity contribution in [3.8, 4) is 0 Å². The lowest BCUT2D eigenvalue weighted by Crippen LogP contribution is -2.61. The Bertz CT molecular complexity index is 1540. The average Bonchev–Trinajstić information content (AvgIpc) is 3.40. The summed E-state index contributed by atoms with van der Waals surface area (Å²) in [4.78, 5) is 18.3. The van der Waals surface area contributed by atoms with Gasteiger partial charge >= 0.3 is 0 Å². The number of hydrogen-bond acceptors (Lipinski definition) is 4. The highest BCUT2D eigenvalue weighted by molar-refractivity contribution is 7.80. The monoisotopic (exact) mass is 520 g/mol. The summed E-state index contributed by atoms with van der Waals surface area (Å²) >= 11 is 5.93. The molecule has 6 rings (SSSR count). The minimum absolute atomic E-state index is 0.202. The van der Waals surface area contributed by atoms with Crippen LogP contribution in [0.4, 0.5) is 15.8 Å². The molecule has 2 heterocycles. The van der Waals surface area contributed by atoms with E-state index in [-0.39, 0.29) is 11.7 Å². The lowest BCUT2D eigenvalue weighted by molar-refractivity contribution is -0.124. The van der Waals surface area contributed by atoms with E-state index < -0.39 is 11.6 Å². The number of carbonyl (C=O) groups excluding carboxylic acids is 1. The quantitative estimate of drug-likeness (QED) is 0.305. The second kappa shape index (κ2) is 9.19. The van der Waals surface area contributed by atoms with Gasteiger partial charge in [0.1, 0.15) is 5.82 Å². The number of nitrogens with zero attached hydrogens (tertiary/aromatic N) is 4. The van der Waals surface area contributed by atoms with Crippen molar-refractivity contribution in [3.05, 3.63) is 132 Å². The lowest BCUT2D eigenvalue weighted by atomic mass is 9.79. The number of likely N-dealkylation sites (N-methyl/N-ethyl adjacent to an activating group) is 1. The fourth-order valence-corrected chi connectivity index (χ4v) is 5.75. The molecular weight excluding hydrogens is 495 g/mol. The Morgan fingerprint density at radius 1 is 0.816 bits per heavy atom. The van der Waals surface area contributed by atoms with Crippen molar-refractivity contribution in [3.63, 3.8) is 0 Å². The summed E-state index contributed by atoms with van der Waals surface area (Å²) in [6.07, 6.45) is 0. The Balaban J connectivity index is 1.64. The molecule has 2 unspecified atom stereocenters. The highest BCUT2D eigenvalue weighted by Gasteiger charge is 2.67. The number of anilines is 2. The van der Waals surface area contributed by atoms with Crippen molar-refractivity contribution in [2.24, 2.45) is 5.10 Å². The molecule has 0 radical (unpaired) electrons. The van der Waals surface area contributed by atoms with Crippen LogP contribution in [0.5, 0.6) is 0 Å². The zero-order valence-electron chi connectivity index (χ0n) is 21.0. The zero-order chi connectivity index (χ0) is 26.4. The van der Waals surface area contributed by atoms with Crippen LogP contribution in [0, 0.1) is 12.7 Å². The molecule has 0 saturated carbocycles. The number of hydrazone groups is 1. The molecule has 38 heavy (non-hydrogen) atoms. The molecule has 4 aromatic rings. The van der Waals surface area contributed by atoms with Crippen molar-refractivity contribution >= 4 is 40.3 Å². The first-order valence-corrected chi connectivity index (χ1v) is 12.8. The number of thiocarbonyl (C=S) groups is 1. The largest absolute Gasteiger partial charge is 0.318 e. The molecule has 1 fully saturated rings. The summed E-state index contributed by atoms with van der Waals surface area (Å²) in [6, 6.07) is 33.4. The second-order valence-electron chi connectivity index (χ2n) is 9.53. The summed E-state index contributed by atoms with van der Waals surface area (Å²) < 4.78 is 14.0. The van der Waals surface area contributed by atoms with Gasteiger partial charge in [-0.15, -0.1) is 0 Å². The SMILES string of the molecule is Cc1ccc(C2C(c3ccc(F)cc3)=NN(c3ccccc3)C23C(=O)N(c2ccccc2)C(=S)N3C)cc1. The van der Waals surface area contributed by atoms with Crippen LogP contribution in [0.3, 0.4) is 0 Å². The van der Waals surface area contributed by atoms with Crippen LogP contribution in [0.15, 0.2) is 114 Å². The molecule has 0 N–H and O–H groups in total. The van der Waals surface area contributed by atoms with Crippen molar-refractivity contribution in [2.45, 2.75) is 18.5 Å². The highest BCUT2D eigenvalue weighted by Crippen LogP contribution is 2.51. The van der Waals surface area contributed by atoms with Gasteiger partial charge in [0.05, 0.1) is 23.0 Å². The average molecular weight is 521 g/mol. The third-order valence-electron chi connectivity index (χ3n) is 7.28. The molecule has 1 spiro atoms. The molecule has 0 aliphatic carbocycles. The first kappa shape index (κ1) is 24.0. The Kier molecular flexibility index (Phi) is 5.80. The van der Waals surface area contributed by atoms with Gasteiger partial charge in [-0.25, -0.2) is 9.40 Å². The number of benzene rings is 4. The molecule has 2 aliphatic rings. The Labute approximate surface area is 226 Å². The van der Waals surface area contributed by atoms with E-state index in [1.165, 1.54) is 12.1 Å². The fourth-order valence-electron chi connectivity index (χ4n) is 5.42. The molecular formula is C31H25FN4OS. The van der Waals surface area contributed by atoms with Crippen LogP contribution in [0.25, 0.3) is 0 Å². The van der Waals surface area contributed by atoms with E-state index in [0.717, 1.165) is 22.4 Å². The van der Waals surface area contributed by atoms with Crippen LogP contribution in [-0.2, 0) is 4.79 Å². The molecule has 0 bridgehead atoms. The second-order valence-corrected chi connectivity index (χ2v) is 9.89. The zero-order valence-corrected chi connectivity index (χ0v) is 21.8. The molecule has 1 amide bonds. The lowest BCUT2D eigenvalue weighted by Gasteiger charge is -2.41. The minimum Gasteiger partial charge on any atom is -0.318 e. The number of carbonyl (C=O) groups is 1. The maximum Gasteiger partial charge on any atom is 0.283 e. The fraction of sp³-hybridized carbons (Fsp3) is 0.129. The standard InChI is InChI=1S/C31H25FN4OS/c1-21-13-15-22(16-14-21)27-28(23-17-19-24(32)20-18-23)33-36(26-11-7-4-8-12-26)31(27)29(37)35(30(38)34(31)2)25-9-5-3-6-10-25/h3-20,27H,1-2H3. The normalized spacial score (nSPS) is 21.0. The topological polar surface area (TPSA) is 39.2 Å². The third-order valence-corrected chi connectivity index (χ3v) is 7.74. The number of aryl methyl sites for hydroxylation is 1. The summed E-state index contributed by atoms with van der Waals surface area (Å²) in [5.74, 6) is -1.07. The van der Waals surface area contributed by atoms with Gasteiger partial charge in [0.2, 0.25) is 5.66 Å². The summed E-state index contributed by atoms with van der Waals surface area (Å²) in [6.45, 7) is 2.03. The van der Waals surface area contributed by atoms with Gasteiger partial charge in [-0.05, 0) is 66.7 Å². The molecule has 4 aromatic carbocycles. The number of para-hydroxylation sites is 2. The molecule has 2 atom stereocenters. The first-order valence-electron chi connectivity index (χ1n) is 12.4. The number of amides is 1. The summed E-state index contributed by atoms with van der Waals surface area (Å²) in [5, 5.41) is 7.29. The molecule has 7 heteroatoms. The van der Waals surface area contributed by atoms with Gasteiger partial charge in [0.15, 0.2) is 5.11 Å². The number of rotatable bonds is 4. The van der Waals surface area contributed by atoms with E-state index in [1.807, 2.05) is 104 Å². The van der Waals surface area contributed by atoms with Gasteiger partial charge in [-0.3, -0.25) is 9.69 Å². The van der Waals surface area contributed by atoms with Gasteiger partial charge in [-0.1, -0.05) is 78.4 Å². The molecule has 1 saturated heterocycles. The van der Waals surface area contributed by atoms with Crippen LogP contribution in [0.2, 0.25) is 0 Å². The predicted molar refractivity (Wildman–Crippen MR) is 153 cm³/mol. The summed E-state index contributed by atoms with van der Waals surface area (Å²) in [7, 11) is 1.85. The van der Waals surface area contributed by atoms with Gasteiger partial charge in [0.25, 0.3) is 5.91 Å². The van der Waals surface area contributed by atoms with Crippen LogP contribution in [0.1, 0.15) is 22.6 Å². The third kappa shape index (κ3) is 3.54. The van der Waals surface area contributed by atoms with Crippen LogP contribution >= 0.6 is 12.2 Å². The van der Waals surface area contributed by atoms with Gasteiger partial charge in [0, 0.05) is 7.05 Å². The molecule has 2 aliphatic heterocycles. The van der Waals surface area contributed by atoms with Crippen molar-refractivity contribution < 1.29 is 9.18 Å².